The average molecular weight is 253 g/mol. The van der Waals surface area contributed by atoms with Gasteiger partial charge in [-0.1, -0.05) is 0 Å². The molecule has 0 aromatic carbocycles. The molecule has 1 aliphatic heterocycles. The molecule has 1 heterocycles. The first-order valence-corrected chi connectivity index (χ1v) is 6.50. The molecule has 1 atom stereocenters. The van der Waals surface area contributed by atoms with Gasteiger partial charge in [-0.3, -0.25) is 9.69 Å². The molecule has 1 N–H and O–H groups in total. The van der Waals surface area contributed by atoms with Crippen LogP contribution in [0.3, 0.4) is 0 Å². The molecule has 0 saturated carbocycles. The highest BCUT2D eigenvalue weighted by Crippen LogP contribution is 2.20. The molecule has 1 amide bonds. The summed E-state index contributed by atoms with van der Waals surface area (Å²) in [7, 11) is 1.73. The summed E-state index contributed by atoms with van der Waals surface area (Å²) in [5.41, 5.74) is -0.617. The average Bonchev–Trinajstić information content (AvgIpc) is 2.31. The number of carbonyl (C=O) groups excluding carboxylic acids is 1. The highest BCUT2D eigenvalue weighted by atomic mass is 16.3. The maximum Gasteiger partial charge on any atom is 0.223 e. The molecule has 5 heteroatoms. The molecule has 0 aromatic heterocycles. The molecule has 0 aromatic rings. The first-order valence-electron chi connectivity index (χ1n) is 6.50. The van der Waals surface area contributed by atoms with E-state index in [0.29, 0.717) is 32.5 Å². The monoisotopic (exact) mass is 253 g/mol. The fourth-order valence-corrected chi connectivity index (χ4v) is 2.30. The molecule has 0 aliphatic carbocycles. The van der Waals surface area contributed by atoms with Gasteiger partial charge >= 0.3 is 0 Å². The lowest BCUT2D eigenvalue weighted by molar-refractivity contribution is -0.130. The van der Waals surface area contributed by atoms with Gasteiger partial charge in [0.15, 0.2) is 0 Å². The Morgan fingerprint density at radius 1 is 1.61 bits per heavy atom. The van der Waals surface area contributed by atoms with Crippen LogP contribution in [0.4, 0.5) is 0 Å². The zero-order valence-electron chi connectivity index (χ0n) is 11.4. The minimum Gasteiger partial charge on any atom is -0.389 e. The third-order valence-electron chi connectivity index (χ3n) is 3.38. The maximum absolute atomic E-state index is 11.8. The van der Waals surface area contributed by atoms with Gasteiger partial charge in [0.25, 0.3) is 0 Å². The number of carbonyl (C=O) groups is 1. The van der Waals surface area contributed by atoms with Gasteiger partial charge in [-0.2, -0.15) is 5.26 Å². The van der Waals surface area contributed by atoms with Crippen LogP contribution in [-0.2, 0) is 4.79 Å². The Balaban J connectivity index is 2.28. The summed E-state index contributed by atoms with van der Waals surface area (Å²) in [5.74, 6) is 0.0652. The quantitative estimate of drug-likeness (QED) is 0.779. The maximum atomic E-state index is 11.8. The van der Waals surface area contributed by atoms with E-state index < -0.39 is 5.60 Å². The van der Waals surface area contributed by atoms with Crippen LogP contribution in [-0.4, -0.2) is 59.6 Å². The lowest BCUT2D eigenvalue weighted by Crippen LogP contribution is -2.47. The van der Waals surface area contributed by atoms with Gasteiger partial charge in [-0.05, 0) is 26.3 Å². The summed E-state index contributed by atoms with van der Waals surface area (Å²) in [6, 6.07) is 2.03. The number of likely N-dealkylation sites (tertiary alicyclic amines) is 1. The molecule has 0 radical (unpaired) electrons. The predicted octanol–water partition coefficient (Wildman–Crippen LogP) is 0.595. The molecule has 0 bridgehead atoms. The minimum absolute atomic E-state index is 0.0652. The van der Waals surface area contributed by atoms with E-state index in [0.717, 1.165) is 19.4 Å². The van der Waals surface area contributed by atoms with E-state index in [-0.39, 0.29) is 5.91 Å². The molecule has 1 rings (SSSR count). The van der Waals surface area contributed by atoms with E-state index in [1.807, 2.05) is 13.0 Å². The molecule has 1 aliphatic rings. The van der Waals surface area contributed by atoms with Crippen molar-refractivity contribution >= 4 is 5.91 Å². The van der Waals surface area contributed by atoms with Crippen LogP contribution in [0.2, 0.25) is 0 Å². The van der Waals surface area contributed by atoms with Gasteiger partial charge in [-0.15, -0.1) is 0 Å². The molecule has 1 saturated heterocycles. The summed E-state index contributed by atoms with van der Waals surface area (Å²) in [6.07, 6.45) is 2.64. The topological polar surface area (TPSA) is 67.6 Å². The Bertz CT molecular complexity index is 323. The number of hydrogen-bond donors (Lipinski definition) is 1. The van der Waals surface area contributed by atoms with Crippen molar-refractivity contribution in [1.82, 2.24) is 9.80 Å². The number of rotatable bonds is 5. The van der Waals surface area contributed by atoms with Crippen molar-refractivity contribution < 1.29 is 9.90 Å². The van der Waals surface area contributed by atoms with Crippen molar-refractivity contribution in [3.8, 4) is 6.07 Å². The van der Waals surface area contributed by atoms with Crippen LogP contribution in [0.1, 0.15) is 32.6 Å². The third kappa shape index (κ3) is 5.03. The fourth-order valence-electron chi connectivity index (χ4n) is 2.30. The lowest BCUT2D eigenvalue weighted by Gasteiger charge is -2.36. The van der Waals surface area contributed by atoms with E-state index in [2.05, 4.69) is 4.90 Å². The number of β-amino-alcohol motifs (C(OH)–C–C–N with tert-alkyl or cyclic N) is 1. The van der Waals surface area contributed by atoms with E-state index in [1.165, 1.54) is 0 Å². The fraction of sp³-hybridized carbons (Fsp3) is 0.846. The van der Waals surface area contributed by atoms with Crippen LogP contribution >= 0.6 is 0 Å². The zero-order chi connectivity index (χ0) is 13.6. The van der Waals surface area contributed by atoms with Gasteiger partial charge in [-0.25, -0.2) is 0 Å². The molecular weight excluding hydrogens is 230 g/mol. The number of aliphatic hydroxyl groups is 1. The largest absolute Gasteiger partial charge is 0.389 e. The van der Waals surface area contributed by atoms with E-state index in [4.69, 9.17) is 5.26 Å². The predicted molar refractivity (Wildman–Crippen MR) is 68.8 cm³/mol. The zero-order valence-corrected chi connectivity index (χ0v) is 11.4. The van der Waals surface area contributed by atoms with Crippen molar-refractivity contribution in [3.63, 3.8) is 0 Å². The SMILES string of the molecule is CN(CCC#N)C(=O)CCN1CCCC(C)(O)C1. The number of nitriles is 1. The van der Waals surface area contributed by atoms with Gasteiger partial charge in [0.1, 0.15) is 0 Å². The summed E-state index contributed by atoms with van der Waals surface area (Å²) < 4.78 is 0. The molecule has 102 valence electrons. The first-order chi connectivity index (χ1) is 8.44. The number of hydrogen-bond acceptors (Lipinski definition) is 4. The second-order valence-corrected chi connectivity index (χ2v) is 5.35. The molecule has 5 nitrogen and oxygen atoms in total. The molecular formula is C13H23N3O2. The van der Waals surface area contributed by atoms with Crippen molar-refractivity contribution in [2.75, 3.05) is 33.2 Å². The van der Waals surface area contributed by atoms with Crippen molar-refractivity contribution in [1.29, 1.82) is 5.26 Å². The molecule has 1 unspecified atom stereocenters. The van der Waals surface area contributed by atoms with Crippen molar-refractivity contribution in [2.45, 2.75) is 38.2 Å². The third-order valence-corrected chi connectivity index (χ3v) is 3.38. The number of amides is 1. The van der Waals surface area contributed by atoms with E-state index >= 15 is 0 Å². The van der Waals surface area contributed by atoms with Crippen LogP contribution in [0.5, 0.6) is 0 Å². The summed E-state index contributed by atoms with van der Waals surface area (Å²) in [6.45, 7) is 4.62. The van der Waals surface area contributed by atoms with Gasteiger partial charge in [0.05, 0.1) is 18.1 Å². The second kappa shape index (κ2) is 6.72. The highest BCUT2D eigenvalue weighted by Gasteiger charge is 2.28. The number of nitrogens with zero attached hydrogens (tertiary/aromatic N) is 3. The second-order valence-electron chi connectivity index (χ2n) is 5.35. The minimum atomic E-state index is -0.617. The molecule has 0 spiro atoms. The van der Waals surface area contributed by atoms with Gasteiger partial charge in [0.2, 0.25) is 5.91 Å². The van der Waals surface area contributed by atoms with Gasteiger partial charge < -0.3 is 10.0 Å². The number of piperidine rings is 1. The summed E-state index contributed by atoms with van der Waals surface area (Å²) in [4.78, 5) is 15.5. The summed E-state index contributed by atoms with van der Waals surface area (Å²) in [5, 5.41) is 18.4. The summed E-state index contributed by atoms with van der Waals surface area (Å²) >= 11 is 0. The van der Waals surface area contributed by atoms with Crippen molar-refractivity contribution in [3.05, 3.63) is 0 Å². The van der Waals surface area contributed by atoms with Crippen LogP contribution < -0.4 is 0 Å². The molecule has 18 heavy (non-hydrogen) atoms. The Kier molecular flexibility index (Phi) is 5.57. The Labute approximate surface area is 109 Å². The molecule has 1 fully saturated rings. The van der Waals surface area contributed by atoms with Crippen LogP contribution in [0, 0.1) is 11.3 Å². The van der Waals surface area contributed by atoms with Crippen LogP contribution in [0.15, 0.2) is 0 Å². The highest BCUT2D eigenvalue weighted by molar-refractivity contribution is 5.76. The Hall–Kier alpha value is -1.12. The smallest absolute Gasteiger partial charge is 0.223 e. The normalized spacial score (nSPS) is 24.6. The Morgan fingerprint density at radius 2 is 2.33 bits per heavy atom. The first kappa shape index (κ1) is 14.9. The van der Waals surface area contributed by atoms with Crippen LogP contribution in [0.25, 0.3) is 0 Å². The van der Waals surface area contributed by atoms with E-state index in [9.17, 15) is 9.90 Å². The van der Waals surface area contributed by atoms with E-state index in [1.54, 1.807) is 11.9 Å². The lowest BCUT2D eigenvalue weighted by atomic mass is 9.95. The van der Waals surface area contributed by atoms with Crippen molar-refractivity contribution in [2.24, 2.45) is 0 Å². The Morgan fingerprint density at radius 3 is 2.94 bits per heavy atom. The standard InChI is InChI=1S/C13H23N3O2/c1-13(18)6-3-9-16(11-13)10-5-12(17)15(2)8-4-7-14/h18H,3-6,8-11H2,1-2H3. The van der Waals surface area contributed by atoms with Gasteiger partial charge in [0, 0.05) is 33.1 Å².